The molecule has 0 aliphatic carbocycles. The average molecular weight is 495 g/mol. The number of hydrogen-bond donors (Lipinski definition) is 3. The second-order valence-corrected chi connectivity index (χ2v) is 9.00. The van der Waals surface area contributed by atoms with Crippen molar-refractivity contribution in [2.45, 2.75) is 26.0 Å². The Morgan fingerprint density at radius 1 is 1.27 bits per heavy atom. The number of ether oxygens (including phenoxy) is 2. The molecule has 1 fully saturated rings. The number of nitrogens with zero attached hydrogens (tertiary/aromatic N) is 1. The Morgan fingerprint density at radius 2 is 2.03 bits per heavy atom. The second-order valence-electron chi connectivity index (χ2n) is 7.29. The quantitative estimate of drug-likeness (QED) is 0.539. The Labute approximate surface area is 199 Å². The first-order valence-electron chi connectivity index (χ1n) is 9.97. The van der Waals surface area contributed by atoms with Crippen molar-refractivity contribution in [3.8, 4) is 0 Å². The minimum absolute atomic E-state index is 0.0203. The average Bonchev–Trinajstić information content (AvgIpc) is 3.18. The lowest BCUT2D eigenvalue weighted by molar-refractivity contribution is -0.125. The first-order chi connectivity index (χ1) is 15.7. The molecule has 0 unspecified atom stereocenters. The molecule has 0 spiro atoms. The van der Waals surface area contributed by atoms with Gasteiger partial charge < -0.3 is 30.7 Å². The van der Waals surface area contributed by atoms with Gasteiger partial charge in [0, 0.05) is 17.9 Å². The zero-order chi connectivity index (χ0) is 24.1. The van der Waals surface area contributed by atoms with Crippen LogP contribution in [0.1, 0.15) is 22.2 Å². The van der Waals surface area contributed by atoms with Gasteiger partial charge in [0.05, 0.1) is 15.8 Å². The number of rotatable bonds is 7. The maximum Gasteiger partial charge on any atom is 0.404 e. The number of nitrogens with one attached hydrogen (secondary N) is 2. The molecule has 10 nitrogen and oxygen atoms in total. The largest absolute Gasteiger partial charge is 0.444 e. The van der Waals surface area contributed by atoms with E-state index in [1.807, 2.05) is 6.92 Å². The number of aryl methyl sites for hydroxylation is 1. The van der Waals surface area contributed by atoms with E-state index in [9.17, 15) is 19.2 Å². The molecule has 2 atom stereocenters. The Balaban J connectivity index is 1.76. The maximum absolute atomic E-state index is 13.0. The van der Waals surface area contributed by atoms with E-state index < -0.39 is 30.1 Å². The van der Waals surface area contributed by atoms with E-state index in [2.05, 4.69) is 10.6 Å². The highest BCUT2D eigenvalue weighted by molar-refractivity contribution is 7.18. The van der Waals surface area contributed by atoms with Gasteiger partial charge in [-0.15, -0.1) is 11.3 Å². The monoisotopic (exact) mass is 494 g/mol. The van der Waals surface area contributed by atoms with Crippen molar-refractivity contribution in [3.63, 3.8) is 0 Å². The molecular formula is C21H23ClN4O6S. The molecule has 0 radical (unpaired) electrons. The van der Waals surface area contributed by atoms with E-state index in [1.165, 1.54) is 13.0 Å². The number of morpholine rings is 1. The van der Waals surface area contributed by atoms with Crippen LogP contribution in [0.4, 0.5) is 16.2 Å². The normalized spacial score (nSPS) is 15.5. The van der Waals surface area contributed by atoms with Crippen molar-refractivity contribution < 1.29 is 28.7 Å². The first kappa shape index (κ1) is 24.5. The van der Waals surface area contributed by atoms with Crippen LogP contribution in [-0.4, -0.2) is 55.7 Å². The fourth-order valence-corrected chi connectivity index (χ4v) is 4.27. The van der Waals surface area contributed by atoms with Crippen LogP contribution >= 0.6 is 22.9 Å². The molecule has 0 saturated carbocycles. The van der Waals surface area contributed by atoms with Crippen LogP contribution in [0.3, 0.4) is 0 Å². The molecule has 176 valence electrons. The van der Waals surface area contributed by atoms with Crippen LogP contribution in [0.2, 0.25) is 4.34 Å². The number of benzene rings is 1. The summed E-state index contributed by atoms with van der Waals surface area (Å²) in [6.45, 7) is 4.15. The fraction of sp³-hybridized carbons (Fsp3) is 0.333. The minimum Gasteiger partial charge on any atom is -0.444 e. The number of thiophene rings is 1. The van der Waals surface area contributed by atoms with E-state index in [0.717, 1.165) is 16.9 Å². The number of carbonyl (C=O) groups is 4. The summed E-state index contributed by atoms with van der Waals surface area (Å²) in [5.41, 5.74) is 7.00. The topological polar surface area (TPSA) is 140 Å². The number of primary amides is 1. The van der Waals surface area contributed by atoms with E-state index in [4.69, 9.17) is 26.8 Å². The van der Waals surface area contributed by atoms with Gasteiger partial charge in [-0.1, -0.05) is 11.6 Å². The standard InChI is InChI=1S/C21H23ClN4O6S/c1-11-9-13(3-4-14(11)26-7-8-31-10-17(26)27)24-20(29)18(12(2)32-21(23)30)25-19(28)15-5-6-16(22)33-15/h3-6,9,12,18H,7-8,10H2,1-2H3,(H2,23,30)(H,24,29)(H,25,28)/t12-,18-/m1/s1. The zero-order valence-electron chi connectivity index (χ0n) is 17.9. The smallest absolute Gasteiger partial charge is 0.404 e. The van der Waals surface area contributed by atoms with Crippen molar-refractivity contribution in [2.24, 2.45) is 5.73 Å². The van der Waals surface area contributed by atoms with Gasteiger partial charge in [-0.05, 0) is 49.7 Å². The van der Waals surface area contributed by atoms with Crippen molar-refractivity contribution in [2.75, 3.05) is 30.0 Å². The van der Waals surface area contributed by atoms with Crippen molar-refractivity contribution in [1.29, 1.82) is 0 Å². The summed E-state index contributed by atoms with van der Waals surface area (Å²) >= 11 is 6.92. The number of anilines is 2. The Morgan fingerprint density at radius 3 is 2.64 bits per heavy atom. The van der Waals surface area contributed by atoms with E-state index in [-0.39, 0.29) is 12.5 Å². The number of nitrogens with two attached hydrogens (primary N) is 1. The summed E-state index contributed by atoms with van der Waals surface area (Å²) < 4.78 is 10.5. The molecule has 1 aromatic heterocycles. The van der Waals surface area contributed by atoms with Crippen LogP contribution in [0.25, 0.3) is 0 Å². The van der Waals surface area contributed by atoms with Gasteiger partial charge in [0.1, 0.15) is 18.8 Å². The summed E-state index contributed by atoms with van der Waals surface area (Å²) in [4.78, 5) is 50.8. The van der Waals surface area contributed by atoms with Crippen LogP contribution in [0.15, 0.2) is 30.3 Å². The summed E-state index contributed by atoms with van der Waals surface area (Å²) in [6, 6.07) is 6.91. The van der Waals surface area contributed by atoms with Crippen molar-refractivity contribution >= 4 is 58.1 Å². The Bertz CT molecular complexity index is 1070. The van der Waals surface area contributed by atoms with Gasteiger partial charge in [-0.2, -0.15) is 0 Å². The van der Waals surface area contributed by atoms with Crippen LogP contribution in [0, 0.1) is 6.92 Å². The SMILES string of the molecule is Cc1cc(NC(=O)[C@H](NC(=O)c2ccc(Cl)s2)[C@@H](C)OC(N)=O)ccc1N1CCOCC1=O. The van der Waals surface area contributed by atoms with Gasteiger partial charge in [0.15, 0.2) is 0 Å². The third-order valence-electron chi connectivity index (χ3n) is 4.88. The highest BCUT2D eigenvalue weighted by Crippen LogP contribution is 2.25. The van der Waals surface area contributed by atoms with Crippen molar-refractivity contribution in [3.05, 3.63) is 45.1 Å². The first-order valence-corrected chi connectivity index (χ1v) is 11.2. The summed E-state index contributed by atoms with van der Waals surface area (Å²) in [5, 5.41) is 5.26. The third-order valence-corrected chi connectivity index (χ3v) is 6.11. The second kappa shape index (κ2) is 10.6. The summed E-state index contributed by atoms with van der Waals surface area (Å²) in [7, 11) is 0. The molecule has 2 heterocycles. The van der Waals surface area contributed by atoms with E-state index >= 15 is 0 Å². The highest BCUT2D eigenvalue weighted by Gasteiger charge is 2.30. The molecule has 12 heteroatoms. The van der Waals surface area contributed by atoms with E-state index in [0.29, 0.717) is 33.7 Å². The number of amides is 4. The van der Waals surface area contributed by atoms with Crippen LogP contribution in [-0.2, 0) is 19.1 Å². The van der Waals surface area contributed by atoms with Gasteiger partial charge >= 0.3 is 6.09 Å². The predicted octanol–water partition coefficient (Wildman–Crippen LogP) is 2.29. The summed E-state index contributed by atoms with van der Waals surface area (Å²) in [5.74, 6) is -1.31. The van der Waals surface area contributed by atoms with Gasteiger partial charge in [-0.25, -0.2) is 4.79 Å². The van der Waals surface area contributed by atoms with Gasteiger partial charge in [0.2, 0.25) is 0 Å². The highest BCUT2D eigenvalue weighted by atomic mass is 35.5. The molecule has 2 aromatic rings. The third kappa shape index (κ3) is 6.21. The Hall–Kier alpha value is -3.15. The van der Waals surface area contributed by atoms with Gasteiger partial charge in [0.25, 0.3) is 17.7 Å². The molecule has 1 aromatic carbocycles. The number of carbonyl (C=O) groups excluding carboxylic acids is 4. The molecular weight excluding hydrogens is 472 g/mol. The van der Waals surface area contributed by atoms with Crippen LogP contribution < -0.4 is 21.3 Å². The molecule has 0 bridgehead atoms. The van der Waals surface area contributed by atoms with E-state index in [1.54, 1.807) is 29.2 Å². The fourth-order valence-electron chi connectivity index (χ4n) is 3.32. The molecule has 1 aliphatic rings. The molecule has 1 aliphatic heterocycles. The Kier molecular flexibility index (Phi) is 7.90. The molecule has 4 N–H and O–H groups in total. The molecule has 4 amide bonds. The van der Waals surface area contributed by atoms with Crippen molar-refractivity contribution in [1.82, 2.24) is 5.32 Å². The predicted molar refractivity (Wildman–Crippen MR) is 124 cm³/mol. The maximum atomic E-state index is 13.0. The van der Waals surface area contributed by atoms with Gasteiger partial charge in [-0.3, -0.25) is 14.4 Å². The lowest BCUT2D eigenvalue weighted by Gasteiger charge is -2.28. The summed E-state index contributed by atoms with van der Waals surface area (Å²) in [6.07, 6.45) is -2.13. The van der Waals surface area contributed by atoms with Crippen LogP contribution in [0.5, 0.6) is 0 Å². The molecule has 33 heavy (non-hydrogen) atoms. The lowest BCUT2D eigenvalue weighted by Crippen LogP contribution is -2.51. The number of hydrogen-bond acceptors (Lipinski definition) is 7. The lowest BCUT2D eigenvalue weighted by atomic mass is 10.1. The number of halogens is 1. The zero-order valence-corrected chi connectivity index (χ0v) is 19.5. The minimum atomic E-state index is -1.23. The molecule has 1 saturated heterocycles. The molecule has 3 rings (SSSR count).